The maximum Gasteiger partial charge on any atom is 0.0537 e. The second-order valence-corrected chi connectivity index (χ2v) is 4.33. The first kappa shape index (κ1) is 11.9. The summed E-state index contributed by atoms with van der Waals surface area (Å²) in [5.74, 6) is 0. The molecule has 0 spiro atoms. The van der Waals surface area contributed by atoms with Crippen molar-refractivity contribution in [1.82, 2.24) is 24.9 Å². The molecule has 2 aromatic heterocycles. The molecule has 0 amide bonds. The van der Waals surface area contributed by atoms with Crippen LogP contribution >= 0.6 is 0 Å². The molecule has 17 heavy (non-hydrogen) atoms. The van der Waals surface area contributed by atoms with Crippen LogP contribution in [0.4, 0.5) is 0 Å². The van der Waals surface area contributed by atoms with Gasteiger partial charge in [-0.2, -0.15) is 10.2 Å². The molecule has 0 saturated heterocycles. The Morgan fingerprint density at radius 3 is 2.65 bits per heavy atom. The van der Waals surface area contributed by atoms with E-state index in [4.69, 9.17) is 0 Å². The number of hydrogen-bond acceptors (Lipinski definition) is 3. The zero-order chi connectivity index (χ0) is 12.3. The molecule has 0 radical (unpaired) electrons. The van der Waals surface area contributed by atoms with Crippen molar-refractivity contribution < 1.29 is 0 Å². The van der Waals surface area contributed by atoms with Gasteiger partial charge in [0.25, 0.3) is 0 Å². The molecule has 1 N–H and O–H groups in total. The van der Waals surface area contributed by atoms with Gasteiger partial charge in [0.05, 0.1) is 12.4 Å². The molecule has 0 aliphatic carbocycles. The van der Waals surface area contributed by atoms with Gasteiger partial charge >= 0.3 is 0 Å². The van der Waals surface area contributed by atoms with E-state index in [1.165, 1.54) is 16.8 Å². The molecule has 0 unspecified atom stereocenters. The number of hydrogen-bond donors (Lipinski definition) is 1. The van der Waals surface area contributed by atoms with Gasteiger partial charge in [-0.25, -0.2) is 0 Å². The summed E-state index contributed by atoms with van der Waals surface area (Å²) < 4.78 is 3.73. The van der Waals surface area contributed by atoms with Crippen LogP contribution in [0.1, 0.15) is 16.8 Å². The van der Waals surface area contributed by atoms with Crippen LogP contribution in [0.15, 0.2) is 18.6 Å². The molecule has 2 heterocycles. The summed E-state index contributed by atoms with van der Waals surface area (Å²) in [6, 6.07) is 0. The van der Waals surface area contributed by atoms with E-state index in [0.29, 0.717) is 0 Å². The first-order valence-corrected chi connectivity index (χ1v) is 5.82. The molecule has 2 rings (SSSR count). The van der Waals surface area contributed by atoms with Crippen molar-refractivity contribution in [1.29, 1.82) is 0 Å². The minimum atomic E-state index is 0.875. The monoisotopic (exact) mass is 233 g/mol. The lowest BCUT2D eigenvalue weighted by Crippen LogP contribution is -2.16. The fourth-order valence-electron chi connectivity index (χ4n) is 1.77. The molecule has 0 aliphatic rings. The van der Waals surface area contributed by atoms with Gasteiger partial charge in [-0.05, 0) is 25.5 Å². The van der Waals surface area contributed by atoms with Gasteiger partial charge in [0.1, 0.15) is 0 Å². The summed E-state index contributed by atoms with van der Waals surface area (Å²) in [6.07, 6.45) is 6.90. The molecule has 0 atom stereocenters. The number of nitrogens with zero attached hydrogens (tertiary/aromatic N) is 4. The number of rotatable bonds is 5. The van der Waals surface area contributed by atoms with Gasteiger partial charge in [-0.3, -0.25) is 9.36 Å². The van der Waals surface area contributed by atoms with Crippen molar-refractivity contribution in [3.8, 4) is 0 Å². The summed E-state index contributed by atoms with van der Waals surface area (Å²) in [7, 11) is 3.91. The summed E-state index contributed by atoms with van der Waals surface area (Å²) in [4.78, 5) is 0. The molecule has 0 saturated carbocycles. The van der Waals surface area contributed by atoms with E-state index in [0.717, 1.165) is 19.5 Å². The van der Waals surface area contributed by atoms with Crippen molar-refractivity contribution in [3.05, 3.63) is 35.4 Å². The lowest BCUT2D eigenvalue weighted by atomic mass is 10.2. The third-order valence-electron chi connectivity index (χ3n) is 3.00. The molecule has 0 aliphatic heterocycles. The zero-order valence-corrected chi connectivity index (χ0v) is 10.6. The highest BCUT2D eigenvalue weighted by Gasteiger charge is 2.02. The molecular formula is C12H19N5. The van der Waals surface area contributed by atoms with Gasteiger partial charge < -0.3 is 5.32 Å². The molecule has 0 aromatic carbocycles. The lowest BCUT2D eigenvalue weighted by Gasteiger charge is -2.03. The van der Waals surface area contributed by atoms with Crippen LogP contribution in [0, 0.1) is 6.92 Å². The first-order chi connectivity index (χ1) is 8.16. The Morgan fingerprint density at radius 2 is 2.06 bits per heavy atom. The Labute approximate surface area is 101 Å². The topological polar surface area (TPSA) is 47.7 Å². The van der Waals surface area contributed by atoms with Crippen molar-refractivity contribution in [2.75, 3.05) is 6.54 Å². The minimum Gasteiger partial charge on any atom is -0.312 e. The Hall–Kier alpha value is -1.62. The Kier molecular flexibility index (Phi) is 3.58. The van der Waals surface area contributed by atoms with Crippen LogP contribution in [0.2, 0.25) is 0 Å². The third-order valence-corrected chi connectivity index (χ3v) is 3.00. The highest BCUT2D eigenvalue weighted by atomic mass is 15.3. The van der Waals surface area contributed by atoms with Crippen LogP contribution in [-0.4, -0.2) is 26.1 Å². The van der Waals surface area contributed by atoms with E-state index in [2.05, 4.69) is 28.6 Å². The number of nitrogens with one attached hydrogen (secondary N) is 1. The maximum atomic E-state index is 4.22. The maximum absolute atomic E-state index is 4.22. The van der Waals surface area contributed by atoms with Gasteiger partial charge in [-0.15, -0.1) is 0 Å². The molecule has 2 aromatic rings. The van der Waals surface area contributed by atoms with E-state index < -0.39 is 0 Å². The minimum absolute atomic E-state index is 0.875. The smallest absolute Gasteiger partial charge is 0.0537 e. The standard InChI is InChI=1S/C12H19N5/c1-10-12(8-15-17(10)3)7-13-5-4-11-6-14-16(2)9-11/h6,8-9,13H,4-5,7H2,1-3H3. The summed E-state index contributed by atoms with van der Waals surface area (Å²) in [6.45, 7) is 3.92. The van der Waals surface area contributed by atoms with Crippen LogP contribution < -0.4 is 5.32 Å². The quantitative estimate of drug-likeness (QED) is 0.777. The highest BCUT2D eigenvalue weighted by Crippen LogP contribution is 2.04. The van der Waals surface area contributed by atoms with Crippen molar-refractivity contribution in [2.45, 2.75) is 19.9 Å². The predicted octanol–water partition coefficient (Wildman–Crippen LogP) is 0.794. The average molecular weight is 233 g/mol. The summed E-state index contributed by atoms with van der Waals surface area (Å²) in [5.41, 5.74) is 3.75. The SMILES string of the molecule is Cc1c(CNCCc2cnn(C)c2)cnn1C. The van der Waals surface area contributed by atoms with Crippen LogP contribution in [0.5, 0.6) is 0 Å². The average Bonchev–Trinajstić information content (AvgIpc) is 2.84. The first-order valence-electron chi connectivity index (χ1n) is 5.82. The second kappa shape index (κ2) is 5.14. The van der Waals surface area contributed by atoms with Gasteiger partial charge in [0.15, 0.2) is 0 Å². The Morgan fingerprint density at radius 1 is 1.24 bits per heavy atom. The van der Waals surface area contributed by atoms with Gasteiger partial charge in [0.2, 0.25) is 0 Å². The van der Waals surface area contributed by atoms with Crippen LogP contribution in [-0.2, 0) is 27.1 Å². The molecule has 5 nitrogen and oxygen atoms in total. The Balaban J connectivity index is 1.75. The largest absolute Gasteiger partial charge is 0.312 e. The van der Waals surface area contributed by atoms with Gasteiger partial charge in [0, 0.05) is 38.1 Å². The van der Waals surface area contributed by atoms with E-state index in [9.17, 15) is 0 Å². The molecule has 5 heteroatoms. The molecule has 92 valence electrons. The van der Waals surface area contributed by atoms with E-state index >= 15 is 0 Å². The summed E-state index contributed by atoms with van der Waals surface area (Å²) >= 11 is 0. The van der Waals surface area contributed by atoms with Crippen LogP contribution in [0.3, 0.4) is 0 Å². The predicted molar refractivity (Wildman–Crippen MR) is 66.6 cm³/mol. The van der Waals surface area contributed by atoms with Gasteiger partial charge in [-0.1, -0.05) is 0 Å². The molecule has 0 fully saturated rings. The Bertz CT molecular complexity index is 483. The van der Waals surface area contributed by atoms with Crippen molar-refractivity contribution >= 4 is 0 Å². The molecule has 0 bridgehead atoms. The lowest BCUT2D eigenvalue weighted by molar-refractivity contribution is 0.679. The van der Waals surface area contributed by atoms with E-state index in [-0.39, 0.29) is 0 Å². The number of aryl methyl sites for hydroxylation is 2. The van der Waals surface area contributed by atoms with Crippen molar-refractivity contribution in [3.63, 3.8) is 0 Å². The van der Waals surface area contributed by atoms with E-state index in [1.807, 2.05) is 35.9 Å². The summed E-state index contributed by atoms with van der Waals surface area (Å²) in [5, 5.41) is 11.8. The second-order valence-electron chi connectivity index (χ2n) is 4.33. The van der Waals surface area contributed by atoms with Crippen molar-refractivity contribution in [2.24, 2.45) is 14.1 Å². The normalized spacial score (nSPS) is 11.0. The third kappa shape index (κ3) is 2.94. The van der Waals surface area contributed by atoms with Crippen LogP contribution in [0.25, 0.3) is 0 Å². The highest BCUT2D eigenvalue weighted by molar-refractivity contribution is 5.15. The van der Waals surface area contributed by atoms with E-state index in [1.54, 1.807) is 0 Å². The zero-order valence-electron chi connectivity index (χ0n) is 10.6. The number of aromatic nitrogens is 4. The molecular weight excluding hydrogens is 214 g/mol. The fraction of sp³-hybridized carbons (Fsp3) is 0.500. The fourth-order valence-corrected chi connectivity index (χ4v) is 1.77.